The lowest BCUT2D eigenvalue weighted by Crippen LogP contribution is -2.42. The first-order chi connectivity index (χ1) is 8.85. The largest absolute Gasteiger partial charge is 0.444 e. The Hall–Kier alpha value is -1.63. The van der Waals surface area contributed by atoms with Crippen LogP contribution in [0.1, 0.15) is 27.2 Å². The molecule has 106 valence electrons. The standard InChI is InChI=1S/C12H21N5O2/c1-12(2,3)19-11(18)17-5-9(13)4-10(17)6-16-8-14-7-15-16/h7-10H,4-6,13H2,1-3H3. The molecule has 2 rings (SSSR count). The quantitative estimate of drug-likeness (QED) is 0.848. The monoisotopic (exact) mass is 267 g/mol. The molecule has 1 aromatic heterocycles. The Morgan fingerprint density at radius 3 is 2.84 bits per heavy atom. The highest BCUT2D eigenvalue weighted by Gasteiger charge is 2.36. The van der Waals surface area contributed by atoms with Gasteiger partial charge in [-0.25, -0.2) is 9.78 Å². The van der Waals surface area contributed by atoms with Crippen molar-refractivity contribution in [2.24, 2.45) is 5.73 Å². The zero-order valence-corrected chi connectivity index (χ0v) is 11.6. The Labute approximate surface area is 112 Å². The zero-order valence-electron chi connectivity index (χ0n) is 11.6. The fraction of sp³-hybridized carbons (Fsp3) is 0.750. The van der Waals surface area contributed by atoms with Crippen molar-refractivity contribution in [3.63, 3.8) is 0 Å². The molecule has 2 heterocycles. The van der Waals surface area contributed by atoms with Gasteiger partial charge in [0.1, 0.15) is 18.3 Å². The van der Waals surface area contributed by atoms with Gasteiger partial charge in [0.15, 0.2) is 0 Å². The van der Waals surface area contributed by atoms with Crippen molar-refractivity contribution in [3.8, 4) is 0 Å². The van der Waals surface area contributed by atoms with Crippen molar-refractivity contribution >= 4 is 6.09 Å². The van der Waals surface area contributed by atoms with Crippen LogP contribution in [0.3, 0.4) is 0 Å². The number of likely N-dealkylation sites (tertiary alicyclic amines) is 1. The lowest BCUT2D eigenvalue weighted by Gasteiger charge is -2.28. The van der Waals surface area contributed by atoms with Crippen molar-refractivity contribution in [1.29, 1.82) is 0 Å². The molecule has 7 heteroatoms. The van der Waals surface area contributed by atoms with Gasteiger partial charge < -0.3 is 15.4 Å². The summed E-state index contributed by atoms with van der Waals surface area (Å²) in [5, 5.41) is 4.06. The van der Waals surface area contributed by atoms with E-state index >= 15 is 0 Å². The minimum atomic E-state index is -0.498. The highest BCUT2D eigenvalue weighted by atomic mass is 16.6. The van der Waals surface area contributed by atoms with Crippen LogP contribution in [0, 0.1) is 0 Å². The van der Waals surface area contributed by atoms with Gasteiger partial charge in [0.25, 0.3) is 0 Å². The number of aromatic nitrogens is 3. The third-order valence-electron chi connectivity index (χ3n) is 2.94. The van der Waals surface area contributed by atoms with Crippen LogP contribution in [0.25, 0.3) is 0 Å². The van der Waals surface area contributed by atoms with E-state index in [1.54, 1.807) is 15.9 Å². The van der Waals surface area contributed by atoms with Crippen LogP contribution < -0.4 is 5.73 Å². The first-order valence-electron chi connectivity index (χ1n) is 6.43. The number of amides is 1. The maximum Gasteiger partial charge on any atom is 0.410 e. The molecule has 1 fully saturated rings. The number of nitrogens with zero attached hydrogens (tertiary/aromatic N) is 4. The summed E-state index contributed by atoms with van der Waals surface area (Å²) in [6.45, 7) is 6.68. The first kappa shape index (κ1) is 13.8. The number of nitrogens with two attached hydrogens (primary N) is 1. The molecule has 0 bridgehead atoms. The number of hydrogen-bond donors (Lipinski definition) is 1. The SMILES string of the molecule is CC(C)(C)OC(=O)N1CC(N)CC1Cn1cncn1. The van der Waals surface area contributed by atoms with E-state index in [1.165, 1.54) is 6.33 Å². The molecule has 1 aliphatic rings. The summed E-state index contributed by atoms with van der Waals surface area (Å²) >= 11 is 0. The molecule has 1 amide bonds. The lowest BCUT2D eigenvalue weighted by atomic mass is 10.2. The average Bonchev–Trinajstić information content (AvgIpc) is 2.86. The van der Waals surface area contributed by atoms with Crippen molar-refractivity contribution in [1.82, 2.24) is 19.7 Å². The topological polar surface area (TPSA) is 86.3 Å². The Balaban J connectivity index is 2.03. The van der Waals surface area contributed by atoms with E-state index in [2.05, 4.69) is 10.1 Å². The van der Waals surface area contributed by atoms with Crippen LogP contribution >= 0.6 is 0 Å². The maximum absolute atomic E-state index is 12.1. The molecule has 2 N–H and O–H groups in total. The van der Waals surface area contributed by atoms with Gasteiger partial charge in [0, 0.05) is 12.6 Å². The van der Waals surface area contributed by atoms with Gasteiger partial charge in [0.2, 0.25) is 0 Å². The molecule has 1 saturated heterocycles. The fourth-order valence-corrected chi connectivity index (χ4v) is 2.21. The summed E-state index contributed by atoms with van der Waals surface area (Å²) in [6.07, 6.45) is 3.55. The Morgan fingerprint density at radius 2 is 2.26 bits per heavy atom. The van der Waals surface area contributed by atoms with Crippen molar-refractivity contribution in [2.75, 3.05) is 6.54 Å². The fourth-order valence-electron chi connectivity index (χ4n) is 2.21. The van der Waals surface area contributed by atoms with Crippen LogP contribution in [0.15, 0.2) is 12.7 Å². The van der Waals surface area contributed by atoms with E-state index in [1.807, 2.05) is 20.8 Å². The van der Waals surface area contributed by atoms with E-state index in [0.717, 1.165) is 6.42 Å². The summed E-state index contributed by atoms with van der Waals surface area (Å²) < 4.78 is 7.11. The molecule has 0 aliphatic carbocycles. The number of rotatable bonds is 2. The van der Waals surface area contributed by atoms with Gasteiger partial charge >= 0.3 is 6.09 Å². The summed E-state index contributed by atoms with van der Waals surface area (Å²) in [7, 11) is 0. The third-order valence-corrected chi connectivity index (χ3v) is 2.94. The predicted molar refractivity (Wildman–Crippen MR) is 69.3 cm³/mol. The van der Waals surface area contributed by atoms with Gasteiger partial charge in [-0.2, -0.15) is 5.10 Å². The second-order valence-corrected chi connectivity index (χ2v) is 5.90. The Morgan fingerprint density at radius 1 is 1.53 bits per heavy atom. The molecule has 0 spiro atoms. The lowest BCUT2D eigenvalue weighted by molar-refractivity contribution is 0.0210. The molecular formula is C12H21N5O2. The van der Waals surface area contributed by atoms with Crippen LogP contribution in [0.5, 0.6) is 0 Å². The predicted octanol–water partition coefficient (Wildman–Crippen LogP) is 0.615. The minimum absolute atomic E-state index is 0.00606. The van der Waals surface area contributed by atoms with Gasteiger partial charge in [-0.1, -0.05) is 0 Å². The average molecular weight is 267 g/mol. The molecule has 2 atom stereocenters. The highest BCUT2D eigenvalue weighted by Crippen LogP contribution is 2.21. The van der Waals surface area contributed by atoms with Gasteiger partial charge in [-0.15, -0.1) is 0 Å². The number of carbonyl (C=O) groups is 1. The highest BCUT2D eigenvalue weighted by molar-refractivity contribution is 5.69. The molecule has 19 heavy (non-hydrogen) atoms. The van der Waals surface area contributed by atoms with E-state index in [4.69, 9.17) is 10.5 Å². The van der Waals surface area contributed by atoms with Gasteiger partial charge in [-0.3, -0.25) is 4.68 Å². The third kappa shape index (κ3) is 3.66. The number of hydrogen-bond acceptors (Lipinski definition) is 5. The number of carbonyl (C=O) groups excluding carboxylic acids is 1. The molecule has 1 aliphatic heterocycles. The second kappa shape index (κ2) is 5.16. The molecule has 0 saturated carbocycles. The summed E-state index contributed by atoms with van der Waals surface area (Å²) in [6, 6.07) is -0.00686. The summed E-state index contributed by atoms with van der Waals surface area (Å²) in [4.78, 5) is 17.7. The Bertz CT molecular complexity index is 426. The van der Waals surface area contributed by atoms with E-state index < -0.39 is 5.60 Å². The van der Waals surface area contributed by atoms with Gasteiger partial charge in [-0.05, 0) is 27.2 Å². The first-order valence-corrected chi connectivity index (χ1v) is 6.43. The van der Waals surface area contributed by atoms with Crippen molar-refractivity contribution in [2.45, 2.75) is 51.4 Å². The van der Waals surface area contributed by atoms with Crippen LogP contribution in [0.4, 0.5) is 4.79 Å². The minimum Gasteiger partial charge on any atom is -0.444 e. The van der Waals surface area contributed by atoms with E-state index in [9.17, 15) is 4.79 Å². The molecule has 0 radical (unpaired) electrons. The maximum atomic E-state index is 12.1. The second-order valence-electron chi connectivity index (χ2n) is 5.90. The van der Waals surface area contributed by atoms with Crippen molar-refractivity contribution in [3.05, 3.63) is 12.7 Å². The van der Waals surface area contributed by atoms with Crippen LogP contribution in [0.2, 0.25) is 0 Å². The van der Waals surface area contributed by atoms with E-state index in [0.29, 0.717) is 13.1 Å². The molecular weight excluding hydrogens is 246 g/mol. The smallest absolute Gasteiger partial charge is 0.410 e. The van der Waals surface area contributed by atoms with Crippen LogP contribution in [-0.4, -0.2) is 50.0 Å². The zero-order chi connectivity index (χ0) is 14.0. The normalized spacial score (nSPS) is 23.7. The Kier molecular flexibility index (Phi) is 3.75. The molecule has 7 nitrogen and oxygen atoms in total. The number of ether oxygens (including phenoxy) is 1. The molecule has 1 aromatic rings. The summed E-state index contributed by atoms with van der Waals surface area (Å²) in [5.74, 6) is 0. The molecule has 2 unspecified atom stereocenters. The van der Waals surface area contributed by atoms with Crippen molar-refractivity contribution < 1.29 is 9.53 Å². The van der Waals surface area contributed by atoms with Gasteiger partial charge in [0.05, 0.1) is 12.6 Å². The van der Waals surface area contributed by atoms with E-state index in [-0.39, 0.29) is 18.2 Å². The van der Waals surface area contributed by atoms with Crippen LogP contribution in [-0.2, 0) is 11.3 Å². The summed E-state index contributed by atoms with van der Waals surface area (Å²) in [5.41, 5.74) is 5.45. The molecule has 0 aromatic carbocycles.